The molecule has 0 radical (unpaired) electrons. The number of nitro benzene ring substituents is 1. The Balaban J connectivity index is 2.45. The molecule has 0 unspecified atom stereocenters. The van der Waals surface area contributed by atoms with E-state index in [1.807, 2.05) is 0 Å². The van der Waals surface area contributed by atoms with Crippen molar-refractivity contribution >= 4 is 56.2 Å². The average Bonchev–Trinajstić information content (AvgIpc) is 2.44. The second-order valence-corrected chi connectivity index (χ2v) is 7.10. The topological polar surface area (TPSA) is 89.3 Å². The van der Waals surface area contributed by atoms with Gasteiger partial charge in [0.05, 0.1) is 25.7 Å². The van der Waals surface area contributed by atoms with Gasteiger partial charge < -0.3 is 0 Å². The predicted octanol–water partition coefficient (Wildman–Crippen LogP) is 4.49. The number of halogens is 4. The van der Waals surface area contributed by atoms with Crippen LogP contribution in [-0.2, 0) is 10.0 Å². The zero-order valence-corrected chi connectivity index (χ0v) is 14.0. The maximum atomic E-state index is 13.3. The van der Waals surface area contributed by atoms with E-state index in [0.29, 0.717) is 0 Å². The predicted molar refractivity (Wildman–Crippen MR) is 85.3 cm³/mol. The summed E-state index contributed by atoms with van der Waals surface area (Å²) in [6.45, 7) is 0. The van der Waals surface area contributed by atoms with E-state index in [2.05, 4.69) is 4.72 Å². The third kappa shape index (κ3) is 3.84. The Labute approximate surface area is 145 Å². The minimum atomic E-state index is -4.21. The molecule has 122 valence electrons. The normalized spacial score (nSPS) is 11.3. The molecule has 23 heavy (non-hydrogen) atoms. The first-order valence-electron chi connectivity index (χ1n) is 5.73. The van der Waals surface area contributed by atoms with Gasteiger partial charge >= 0.3 is 5.69 Å². The summed E-state index contributed by atoms with van der Waals surface area (Å²) in [6.07, 6.45) is 0. The lowest BCUT2D eigenvalue weighted by atomic mass is 10.3. The summed E-state index contributed by atoms with van der Waals surface area (Å²) in [7, 11) is -4.21. The molecule has 11 heteroatoms. The van der Waals surface area contributed by atoms with Crippen LogP contribution in [0.2, 0.25) is 15.1 Å². The number of nitrogens with one attached hydrogen (secondary N) is 1. The van der Waals surface area contributed by atoms with Gasteiger partial charge in [-0.15, -0.1) is 0 Å². The van der Waals surface area contributed by atoms with Crippen LogP contribution >= 0.6 is 34.8 Å². The SMILES string of the molecule is O=[N+]([O-])c1cc(NS(=O)(=O)c2cc(Cl)c(Cl)cc2Cl)ccc1F. The molecule has 0 aliphatic carbocycles. The average molecular weight is 400 g/mol. The summed E-state index contributed by atoms with van der Waals surface area (Å²) in [6, 6.07) is 4.73. The molecule has 0 spiro atoms. The van der Waals surface area contributed by atoms with Crippen molar-refractivity contribution in [3.8, 4) is 0 Å². The van der Waals surface area contributed by atoms with Gasteiger partial charge in [0.15, 0.2) is 0 Å². The number of rotatable bonds is 4. The Kier molecular flexibility index (Phi) is 5.00. The molecule has 0 saturated carbocycles. The van der Waals surface area contributed by atoms with E-state index < -0.39 is 26.5 Å². The van der Waals surface area contributed by atoms with E-state index in [4.69, 9.17) is 34.8 Å². The number of sulfonamides is 1. The molecule has 0 aliphatic rings. The molecular weight excluding hydrogens is 394 g/mol. The molecule has 0 amide bonds. The molecule has 0 fully saturated rings. The lowest BCUT2D eigenvalue weighted by molar-refractivity contribution is -0.387. The number of hydrogen-bond donors (Lipinski definition) is 1. The number of benzene rings is 2. The molecule has 0 bridgehead atoms. The highest BCUT2D eigenvalue weighted by Crippen LogP contribution is 2.33. The number of nitrogens with zero attached hydrogens (tertiary/aromatic N) is 1. The van der Waals surface area contributed by atoms with Gasteiger partial charge in [-0.1, -0.05) is 34.8 Å². The minimum Gasteiger partial charge on any atom is -0.279 e. The van der Waals surface area contributed by atoms with E-state index in [1.165, 1.54) is 0 Å². The first-order valence-corrected chi connectivity index (χ1v) is 8.35. The summed E-state index contributed by atoms with van der Waals surface area (Å²) in [5.41, 5.74) is -1.08. The smallest absolute Gasteiger partial charge is 0.279 e. The summed E-state index contributed by atoms with van der Waals surface area (Å²) in [5, 5.41) is 10.5. The second kappa shape index (κ2) is 6.48. The summed E-state index contributed by atoms with van der Waals surface area (Å²) < 4.78 is 39.9. The summed E-state index contributed by atoms with van der Waals surface area (Å²) in [4.78, 5) is 9.33. The molecule has 0 aromatic heterocycles. The molecule has 1 N–H and O–H groups in total. The standard InChI is InChI=1S/C12H6Cl3FN2O4S/c13-7-4-9(15)12(5-8(7)14)23(21,22)17-6-1-2-10(16)11(3-6)18(19)20/h1-5,17H. The van der Waals surface area contributed by atoms with Gasteiger partial charge in [-0.25, -0.2) is 8.42 Å². The number of hydrogen-bond acceptors (Lipinski definition) is 4. The lowest BCUT2D eigenvalue weighted by Gasteiger charge is -2.10. The Morgan fingerprint density at radius 1 is 1.04 bits per heavy atom. The van der Waals surface area contributed by atoms with Crippen molar-refractivity contribution in [1.29, 1.82) is 0 Å². The molecular formula is C12H6Cl3FN2O4S. The number of anilines is 1. The van der Waals surface area contributed by atoms with Crippen LogP contribution in [0.25, 0.3) is 0 Å². The van der Waals surface area contributed by atoms with Crippen molar-refractivity contribution in [3.05, 3.63) is 61.3 Å². The van der Waals surface area contributed by atoms with Crippen molar-refractivity contribution in [1.82, 2.24) is 0 Å². The molecule has 6 nitrogen and oxygen atoms in total. The van der Waals surface area contributed by atoms with Gasteiger partial charge in [-0.3, -0.25) is 14.8 Å². The van der Waals surface area contributed by atoms with Crippen LogP contribution in [0.15, 0.2) is 35.2 Å². The number of nitro groups is 1. The van der Waals surface area contributed by atoms with E-state index in [1.54, 1.807) is 0 Å². The van der Waals surface area contributed by atoms with E-state index in [9.17, 15) is 22.9 Å². The molecule has 0 aliphatic heterocycles. The van der Waals surface area contributed by atoms with Crippen molar-refractivity contribution in [2.45, 2.75) is 4.90 Å². The fourth-order valence-corrected chi connectivity index (χ4v) is 3.69. The first-order chi connectivity index (χ1) is 10.6. The van der Waals surface area contributed by atoms with Crippen LogP contribution in [0.1, 0.15) is 0 Å². The summed E-state index contributed by atoms with van der Waals surface area (Å²) >= 11 is 17.3. The van der Waals surface area contributed by atoms with Crippen molar-refractivity contribution in [2.75, 3.05) is 4.72 Å². The van der Waals surface area contributed by atoms with Crippen LogP contribution in [0.4, 0.5) is 15.8 Å². The second-order valence-electron chi connectivity index (χ2n) is 4.23. The lowest BCUT2D eigenvalue weighted by Crippen LogP contribution is -2.14. The molecule has 2 aromatic rings. The van der Waals surface area contributed by atoms with Gasteiger partial charge in [0.25, 0.3) is 10.0 Å². The summed E-state index contributed by atoms with van der Waals surface area (Å²) in [5.74, 6) is -1.09. The maximum Gasteiger partial charge on any atom is 0.306 e. The van der Waals surface area contributed by atoms with Gasteiger partial charge in [0.2, 0.25) is 5.82 Å². The monoisotopic (exact) mass is 398 g/mol. The quantitative estimate of drug-likeness (QED) is 0.466. The highest BCUT2D eigenvalue weighted by atomic mass is 35.5. The van der Waals surface area contributed by atoms with Gasteiger partial charge in [0.1, 0.15) is 4.90 Å². The highest BCUT2D eigenvalue weighted by Gasteiger charge is 2.22. The van der Waals surface area contributed by atoms with E-state index in [0.717, 1.165) is 30.3 Å². The highest BCUT2D eigenvalue weighted by molar-refractivity contribution is 7.92. The molecule has 2 aromatic carbocycles. The molecule has 0 saturated heterocycles. The van der Waals surface area contributed by atoms with Crippen LogP contribution in [-0.4, -0.2) is 13.3 Å². The van der Waals surface area contributed by atoms with Crippen LogP contribution in [0, 0.1) is 15.9 Å². The zero-order chi connectivity index (χ0) is 17.4. The van der Waals surface area contributed by atoms with Gasteiger partial charge in [-0.2, -0.15) is 4.39 Å². The van der Waals surface area contributed by atoms with Crippen molar-refractivity contribution in [2.24, 2.45) is 0 Å². The maximum absolute atomic E-state index is 13.3. The Morgan fingerprint density at radius 3 is 2.26 bits per heavy atom. The minimum absolute atomic E-state index is 0.0403. The Hall–Kier alpha value is -1.61. The Morgan fingerprint density at radius 2 is 1.65 bits per heavy atom. The van der Waals surface area contributed by atoms with Crippen LogP contribution in [0.5, 0.6) is 0 Å². The van der Waals surface area contributed by atoms with Gasteiger partial charge in [-0.05, 0) is 24.3 Å². The van der Waals surface area contributed by atoms with Crippen molar-refractivity contribution in [3.63, 3.8) is 0 Å². The first kappa shape index (κ1) is 17.7. The Bertz CT molecular complexity index is 905. The fourth-order valence-electron chi connectivity index (χ4n) is 1.64. The fraction of sp³-hybridized carbons (Fsp3) is 0. The third-order valence-corrected chi connectivity index (χ3v) is 5.23. The largest absolute Gasteiger partial charge is 0.306 e. The van der Waals surface area contributed by atoms with Crippen LogP contribution in [0.3, 0.4) is 0 Å². The van der Waals surface area contributed by atoms with E-state index in [-0.39, 0.29) is 25.7 Å². The molecule has 0 atom stereocenters. The molecule has 0 heterocycles. The van der Waals surface area contributed by atoms with Crippen LogP contribution < -0.4 is 4.72 Å². The van der Waals surface area contributed by atoms with E-state index >= 15 is 0 Å². The van der Waals surface area contributed by atoms with Gasteiger partial charge in [0, 0.05) is 6.07 Å². The third-order valence-electron chi connectivity index (χ3n) is 2.66. The molecule has 2 rings (SSSR count). The zero-order valence-electron chi connectivity index (χ0n) is 10.9. The van der Waals surface area contributed by atoms with Crippen molar-refractivity contribution < 1.29 is 17.7 Å².